The van der Waals surface area contributed by atoms with E-state index in [0.717, 1.165) is 33.2 Å². The third kappa shape index (κ3) is 5.67. The first kappa shape index (κ1) is 22.3. The topological polar surface area (TPSA) is 58.7 Å². The van der Waals surface area contributed by atoms with Crippen molar-refractivity contribution in [3.8, 4) is 0 Å². The van der Waals surface area contributed by atoms with Crippen LogP contribution in [0.4, 0.5) is 17.1 Å². The van der Waals surface area contributed by atoms with Gasteiger partial charge in [-0.1, -0.05) is 65.7 Å². The van der Waals surface area contributed by atoms with E-state index in [1.165, 1.54) is 29.6 Å². The Kier molecular flexibility index (Phi) is 6.86. The van der Waals surface area contributed by atoms with Gasteiger partial charge < -0.3 is 0 Å². The Morgan fingerprint density at radius 1 is 0.788 bits per heavy atom. The van der Waals surface area contributed by atoms with Crippen molar-refractivity contribution in [3.05, 3.63) is 130 Å². The van der Waals surface area contributed by atoms with Crippen LogP contribution in [0.5, 0.6) is 0 Å². The van der Waals surface area contributed by atoms with Gasteiger partial charge >= 0.3 is 0 Å². The minimum absolute atomic E-state index is 0.0674. The molecule has 4 rings (SSSR count). The predicted octanol–water partition coefficient (Wildman–Crippen LogP) is 7.50. The summed E-state index contributed by atoms with van der Waals surface area (Å²) in [6.45, 7) is 4.10. The highest BCUT2D eigenvalue weighted by Crippen LogP contribution is 2.33. The summed E-state index contributed by atoms with van der Waals surface area (Å²) in [7, 11) is 0. The smallest absolute Gasteiger partial charge is 0.263 e. The summed E-state index contributed by atoms with van der Waals surface area (Å²) < 4.78 is 2.07. The Hall–Kier alpha value is -3.90. The highest BCUT2D eigenvalue weighted by Gasteiger charge is 2.19. The van der Waals surface area contributed by atoms with E-state index in [1.807, 2.05) is 54.6 Å². The number of non-ortho nitro benzene ring substituents is 1. The molecule has 0 radical (unpaired) electrons. The van der Waals surface area contributed by atoms with Gasteiger partial charge in [-0.05, 0) is 62.2 Å². The van der Waals surface area contributed by atoms with Gasteiger partial charge in [-0.3, -0.25) is 14.4 Å². The molecule has 33 heavy (non-hydrogen) atoms. The number of aryl methyl sites for hydroxylation is 2. The molecule has 0 saturated heterocycles. The Balaban J connectivity index is 1.82. The number of nitrogens with zero attached hydrogens (tertiary/aromatic N) is 3. The first-order valence-corrected chi connectivity index (χ1v) is 11.3. The second-order valence-electron chi connectivity index (χ2n) is 7.61. The van der Waals surface area contributed by atoms with Crippen molar-refractivity contribution in [1.29, 1.82) is 0 Å². The molecule has 0 amide bonds. The Bertz CT molecular complexity index is 1250. The molecule has 0 unspecified atom stereocenters. The maximum atomic E-state index is 11.1. The van der Waals surface area contributed by atoms with Crippen LogP contribution in [0.2, 0.25) is 0 Å². The molecule has 0 atom stereocenters. The first-order chi connectivity index (χ1) is 16.0. The number of nitro groups is 1. The molecule has 0 aliphatic heterocycles. The SMILES string of the molecule is Cc1ccc(N=C(c2ccccc2)N(Sc2ccc([N+](=O)[O-])cc2)c2ccc(C)cc2)cc1. The van der Waals surface area contributed by atoms with Gasteiger partial charge in [0.2, 0.25) is 0 Å². The molecule has 164 valence electrons. The summed E-state index contributed by atoms with van der Waals surface area (Å²) >= 11 is 1.47. The summed E-state index contributed by atoms with van der Waals surface area (Å²) in [5, 5.41) is 11.1. The lowest BCUT2D eigenvalue weighted by atomic mass is 10.1. The number of nitro benzene ring substituents is 1. The van der Waals surface area contributed by atoms with E-state index in [0.29, 0.717) is 0 Å². The van der Waals surface area contributed by atoms with Crippen LogP contribution in [0, 0.1) is 24.0 Å². The van der Waals surface area contributed by atoms with Crippen LogP contribution >= 0.6 is 11.9 Å². The molecule has 0 heterocycles. The van der Waals surface area contributed by atoms with Crippen LogP contribution in [0.1, 0.15) is 16.7 Å². The number of hydrogen-bond acceptors (Lipinski definition) is 4. The molecule has 6 heteroatoms. The Morgan fingerprint density at radius 2 is 1.36 bits per heavy atom. The fraction of sp³-hybridized carbons (Fsp3) is 0.0741. The molecule has 4 aromatic rings. The van der Waals surface area contributed by atoms with E-state index in [2.05, 4.69) is 42.4 Å². The summed E-state index contributed by atoms with van der Waals surface area (Å²) in [5.41, 5.74) is 5.17. The minimum atomic E-state index is -0.388. The van der Waals surface area contributed by atoms with Gasteiger partial charge in [-0.2, -0.15) is 0 Å². The van der Waals surface area contributed by atoms with Crippen molar-refractivity contribution in [2.75, 3.05) is 4.31 Å². The lowest BCUT2D eigenvalue weighted by Crippen LogP contribution is -2.25. The summed E-state index contributed by atoms with van der Waals surface area (Å²) in [5.74, 6) is 0.770. The third-order valence-electron chi connectivity index (χ3n) is 5.01. The number of rotatable bonds is 6. The van der Waals surface area contributed by atoms with Crippen molar-refractivity contribution in [3.63, 3.8) is 0 Å². The molecule has 4 aromatic carbocycles. The predicted molar refractivity (Wildman–Crippen MR) is 136 cm³/mol. The molecule has 0 aliphatic carbocycles. The van der Waals surface area contributed by atoms with E-state index < -0.39 is 0 Å². The molecule has 5 nitrogen and oxygen atoms in total. The Labute approximate surface area is 197 Å². The normalized spacial score (nSPS) is 11.3. The van der Waals surface area contributed by atoms with E-state index in [4.69, 9.17) is 4.99 Å². The molecule has 0 aromatic heterocycles. The van der Waals surface area contributed by atoms with Crippen LogP contribution in [0.25, 0.3) is 0 Å². The lowest BCUT2D eigenvalue weighted by molar-refractivity contribution is -0.384. The van der Waals surface area contributed by atoms with E-state index in [1.54, 1.807) is 12.1 Å². The quantitative estimate of drug-likeness (QED) is 0.0997. The second-order valence-corrected chi connectivity index (χ2v) is 8.63. The van der Waals surface area contributed by atoms with Gasteiger partial charge in [0.05, 0.1) is 16.3 Å². The summed E-state index contributed by atoms with van der Waals surface area (Å²) in [6.07, 6.45) is 0. The zero-order chi connectivity index (χ0) is 23.2. The van der Waals surface area contributed by atoms with Crippen LogP contribution in [-0.2, 0) is 0 Å². The highest BCUT2D eigenvalue weighted by atomic mass is 32.2. The van der Waals surface area contributed by atoms with Crippen molar-refractivity contribution >= 4 is 34.8 Å². The molecular weight excluding hydrogens is 430 g/mol. The first-order valence-electron chi connectivity index (χ1n) is 10.5. The zero-order valence-corrected chi connectivity index (χ0v) is 19.2. The standard InChI is InChI=1S/C27H23N3O2S/c1-20-8-12-23(13-9-20)28-27(22-6-4-3-5-7-22)29(24-14-10-21(2)11-15-24)33-26-18-16-25(17-19-26)30(31)32/h3-19H,1-2H3. The third-order valence-corrected chi connectivity index (χ3v) is 6.06. The van der Waals surface area contributed by atoms with Gasteiger partial charge in [-0.15, -0.1) is 0 Å². The summed E-state index contributed by atoms with van der Waals surface area (Å²) in [6, 6.07) is 32.9. The zero-order valence-electron chi connectivity index (χ0n) is 18.4. The molecule has 0 spiro atoms. The highest BCUT2D eigenvalue weighted by molar-refractivity contribution is 8.01. The average molecular weight is 454 g/mol. The maximum Gasteiger partial charge on any atom is 0.269 e. The number of hydrogen-bond donors (Lipinski definition) is 0. The molecule has 0 saturated carbocycles. The van der Waals surface area contributed by atoms with E-state index >= 15 is 0 Å². The van der Waals surface area contributed by atoms with Gasteiger partial charge in [0, 0.05) is 22.6 Å². The second kappa shape index (κ2) is 10.1. The fourth-order valence-corrected chi connectivity index (χ4v) is 4.12. The van der Waals surface area contributed by atoms with Crippen LogP contribution in [-0.4, -0.2) is 10.8 Å². The van der Waals surface area contributed by atoms with Crippen molar-refractivity contribution < 1.29 is 4.92 Å². The maximum absolute atomic E-state index is 11.1. The number of anilines is 1. The van der Waals surface area contributed by atoms with Gasteiger partial charge in [-0.25, -0.2) is 4.99 Å². The minimum Gasteiger partial charge on any atom is -0.263 e. The Morgan fingerprint density at radius 3 is 1.94 bits per heavy atom. The van der Waals surface area contributed by atoms with Crippen molar-refractivity contribution in [2.45, 2.75) is 18.7 Å². The van der Waals surface area contributed by atoms with E-state index in [9.17, 15) is 10.1 Å². The largest absolute Gasteiger partial charge is 0.269 e. The molecular formula is C27H23N3O2S. The number of amidine groups is 1. The van der Waals surface area contributed by atoms with Gasteiger partial charge in [0.1, 0.15) is 0 Å². The summed E-state index contributed by atoms with van der Waals surface area (Å²) in [4.78, 5) is 16.6. The van der Waals surface area contributed by atoms with Crippen molar-refractivity contribution in [2.24, 2.45) is 4.99 Å². The molecule has 0 bridgehead atoms. The molecule has 0 N–H and O–H groups in total. The van der Waals surface area contributed by atoms with E-state index in [-0.39, 0.29) is 10.6 Å². The monoisotopic (exact) mass is 453 g/mol. The molecule has 0 aliphatic rings. The lowest BCUT2D eigenvalue weighted by Gasteiger charge is -2.25. The van der Waals surface area contributed by atoms with Gasteiger partial charge in [0.25, 0.3) is 5.69 Å². The van der Waals surface area contributed by atoms with Gasteiger partial charge in [0.15, 0.2) is 5.84 Å². The van der Waals surface area contributed by atoms with Crippen LogP contribution in [0.15, 0.2) is 113 Å². The number of aliphatic imine (C=N–C) groups is 1. The van der Waals surface area contributed by atoms with Crippen LogP contribution < -0.4 is 4.31 Å². The fourth-order valence-electron chi connectivity index (χ4n) is 3.19. The number of benzene rings is 4. The van der Waals surface area contributed by atoms with Crippen LogP contribution in [0.3, 0.4) is 0 Å². The van der Waals surface area contributed by atoms with Crippen molar-refractivity contribution in [1.82, 2.24) is 0 Å². The average Bonchev–Trinajstić information content (AvgIpc) is 2.84. The molecule has 0 fully saturated rings.